The lowest BCUT2D eigenvalue weighted by molar-refractivity contribution is -0.119. The predicted octanol–water partition coefficient (Wildman–Crippen LogP) is 4.08. The number of hydrogen-bond donors (Lipinski definition) is 1. The smallest absolute Gasteiger partial charge is 0.230 e. The molecule has 6 heteroatoms. The first-order valence-corrected chi connectivity index (χ1v) is 8.39. The molecule has 0 heterocycles. The van der Waals surface area contributed by atoms with E-state index in [0.717, 1.165) is 10.5 Å². The van der Waals surface area contributed by atoms with Gasteiger partial charge in [-0.15, -0.1) is 11.8 Å². The summed E-state index contributed by atoms with van der Waals surface area (Å²) in [5.74, 6) is -0.153. The topological polar surface area (TPSA) is 38.3 Å². The third kappa shape index (κ3) is 5.53. The Labute approximate surface area is 144 Å². The number of halogens is 2. The van der Waals surface area contributed by atoms with E-state index >= 15 is 0 Å². The molecular formula is C17H17ClFNO2S. The van der Waals surface area contributed by atoms with E-state index in [4.69, 9.17) is 16.3 Å². The van der Waals surface area contributed by atoms with Crippen LogP contribution in [0.4, 0.5) is 4.39 Å². The van der Waals surface area contributed by atoms with Crippen LogP contribution >= 0.6 is 23.4 Å². The standard InChI is InChI=1S/C17H17ClFNO2S/c1-22-16(14-4-2-3-5-15(14)18)10-20-17(21)11-23-13-8-6-12(19)7-9-13/h2-9,16H,10-11H2,1H3,(H,20,21)/t16-/m0/s1. The quantitative estimate of drug-likeness (QED) is 0.762. The zero-order chi connectivity index (χ0) is 16.7. The van der Waals surface area contributed by atoms with Gasteiger partial charge in [0.05, 0.1) is 5.75 Å². The summed E-state index contributed by atoms with van der Waals surface area (Å²) < 4.78 is 18.2. The van der Waals surface area contributed by atoms with Crippen molar-refractivity contribution < 1.29 is 13.9 Å². The maximum atomic E-state index is 12.8. The molecule has 0 aromatic heterocycles. The highest BCUT2D eigenvalue weighted by Crippen LogP contribution is 2.24. The number of thioether (sulfide) groups is 1. The van der Waals surface area contributed by atoms with Gasteiger partial charge in [0.15, 0.2) is 0 Å². The van der Waals surface area contributed by atoms with Gasteiger partial charge in [-0.25, -0.2) is 4.39 Å². The summed E-state index contributed by atoms with van der Waals surface area (Å²) in [6, 6.07) is 13.4. The Balaban J connectivity index is 1.83. The summed E-state index contributed by atoms with van der Waals surface area (Å²) in [5, 5.41) is 3.43. The molecule has 1 atom stereocenters. The fourth-order valence-electron chi connectivity index (χ4n) is 1.99. The second-order valence-electron chi connectivity index (χ2n) is 4.79. The van der Waals surface area contributed by atoms with Crippen LogP contribution in [0.1, 0.15) is 11.7 Å². The number of rotatable bonds is 7. The van der Waals surface area contributed by atoms with Crippen molar-refractivity contribution >= 4 is 29.3 Å². The van der Waals surface area contributed by atoms with Crippen LogP contribution in [-0.4, -0.2) is 25.3 Å². The molecule has 122 valence electrons. The average molecular weight is 354 g/mol. The number of hydrogen-bond acceptors (Lipinski definition) is 3. The zero-order valence-corrected chi connectivity index (χ0v) is 14.2. The number of ether oxygens (including phenoxy) is 1. The molecule has 0 aliphatic carbocycles. The first kappa shape index (κ1) is 17.8. The van der Waals surface area contributed by atoms with Crippen molar-refractivity contribution in [1.82, 2.24) is 5.32 Å². The highest BCUT2D eigenvalue weighted by atomic mass is 35.5. The second-order valence-corrected chi connectivity index (χ2v) is 6.25. The van der Waals surface area contributed by atoms with E-state index in [1.54, 1.807) is 25.3 Å². The number of benzene rings is 2. The third-order valence-corrected chi connectivity index (χ3v) is 4.56. The molecule has 23 heavy (non-hydrogen) atoms. The molecule has 1 amide bonds. The molecule has 2 aromatic rings. The van der Waals surface area contributed by atoms with Crippen LogP contribution in [0.15, 0.2) is 53.4 Å². The van der Waals surface area contributed by atoms with Crippen LogP contribution in [0.5, 0.6) is 0 Å². The molecule has 0 radical (unpaired) electrons. The predicted molar refractivity (Wildman–Crippen MR) is 91.3 cm³/mol. The molecule has 0 bridgehead atoms. The van der Waals surface area contributed by atoms with E-state index < -0.39 is 0 Å². The molecule has 0 fully saturated rings. The fraction of sp³-hybridized carbons (Fsp3) is 0.235. The van der Waals surface area contributed by atoms with Gasteiger partial charge in [-0.3, -0.25) is 4.79 Å². The van der Waals surface area contributed by atoms with Crippen molar-refractivity contribution in [3.8, 4) is 0 Å². The van der Waals surface area contributed by atoms with Crippen LogP contribution in [0.2, 0.25) is 5.02 Å². The van der Waals surface area contributed by atoms with Gasteiger partial charge in [-0.05, 0) is 30.3 Å². The molecule has 0 aliphatic rings. The zero-order valence-electron chi connectivity index (χ0n) is 12.6. The number of methoxy groups -OCH3 is 1. The Morgan fingerprint density at radius 1 is 1.26 bits per heavy atom. The summed E-state index contributed by atoms with van der Waals surface area (Å²) in [7, 11) is 1.58. The lowest BCUT2D eigenvalue weighted by atomic mass is 10.1. The fourth-order valence-corrected chi connectivity index (χ4v) is 2.98. The number of carbonyl (C=O) groups is 1. The van der Waals surface area contributed by atoms with Gasteiger partial charge in [-0.1, -0.05) is 29.8 Å². The molecule has 0 saturated heterocycles. The molecule has 1 N–H and O–H groups in total. The lowest BCUT2D eigenvalue weighted by Gasteiger charge is -2.17. The van der Waals surface area contributed by atoms with Crippen LogP contribution < -0.4 is 5.32 Å². The molecular weight excluding hydrogens is 337 g/mol. The van der Waals surface area contributed by atoms with Gasteiger partial charge in [0.25, 0.3) is 0 Å². The third-order valence-electron chi connectivity index (χ3n) is 3.20. The molecule has 0 spiro atoms. The van der Waals surface area contributed by atoms with Gasteiger partial charge >= 0.3 is 0 Å². The Morgan fingerprint density at radius 2 is 1.96 bits per heavy atom. The molecule has 2 rings (SSSR count). The van der Waals surface area contributed by atoms with Crippen molar-refractivity contribution in [1.29, 1.82) is 0 Å². The second kappa shape index (κ2) is 8.91. The van der Waals surface area contributed by atoms with Gasteiger partial charge in [0.1, 0.15) is 11.9 Å². The van der Waals surface area contributed by atoms with Gasteiger partial charge in [0.2, 0.25) is 5.91 Å². The van der Waals surface area contributed by atoms with Crippen molar-refractivity contribution in [3.63, 3.8) is 0 Å². The summed E-state index contributed by atoms with van der Waals surface area (Å²) in [6.45, 7) is 0.336. The molecule has 2 aromatic carbocycles. The van der Waals surface area contributed by atoms with Crippen LogP contribution in [0.25, 0.3) is 0 Å². The molecule has 0 saturated carbocycles. The Bertz CT molecular complexity index is 651. The first-order valence-electron chi connectivity index (χ1n) is 7.02. The minimum Gasteiger partial charge on any atom is -0.375 e. The Kier molecular flexibility index (Phi) is 6.89. The Morgan fingerprint density at radius 3 is 2.61 bits per heavy atom. The number of carbonyl (C=O) groups excluding carboxylic acids is 1. The van der Waals surface area contributed by atoms with Crippen molar-refractivity contribution in [2.45, 2.75) is 11.0 Å². The normalized spacial score (nSPS) is 12.0. The first-order chi connectivity index (χ1) is 11.1. The highest BCUT2D eigenvalue weighted by Gasteiger charge is 2.14. The maximum Gasteiger partial charge on any atom is 0.230 e. The maximum absolute atomic E-state index is 12.8. The van der Waals surface area contributed by atoms with E-state index in [1.807, 2.05) is 18.2 Å². The van der Waals surface area contributed by atoms with Crippen molar-refractivity contribution in [2.24, 2.45) is 0 Å². The van der Waals surface area contributed by atoms with E-state index in [1.165, 1.54) is 23.9 Å². The number of nitrogens with one attached hydrogen (secondary N) is 1. The summed E-state index contributed by atoms with van der Waals surface area (Å²) >= 11 is 7.49. The van der Waals surface area contributed by atoms with Gasteiger partial charge < -0.3 is 10.1 Å². The summed E-state index contributed by atoms with van der Waals surface area (Å²) in [4.78, 5) is 12.8. The SMILES string of the molecule is CO[C@@H](CNC(=O)CSc1ccc(F)cc1)c1ccccc1Cl. The van der Waals surface area contributed by atoms with Crippen LogP contribution in [-0.2, 0) is 9.53 Å². The van der Waals surface area contributed by atoms with Crippen molar-refractivity contribution in [2.75, 3.05) is 19.4 Å². The van der Waals surface area contributed by atoms with Gasteiger partial charge in [0, 0.05) is 29.1 Å². The Hall–Kier alpha value is -1.56. The molecule has 3 nitrogen and oxygen atoms in total. The monoisotopic (exact) mass is 353 g/mol. The largest absolute Gasteiger partial charge is 0.375 e. The molecule has 0 unspecified atom stereocenters. The van der Waals surface area contributed by atoms with Crippen LogP contribution in [0.3, 0.4) is 0 Å². The molecule has 0 aliphatic heterocycles. The van der Waals surface area contributed by atoms with Crippen LogP contribution in [0, 0.1) is 5.82 Å². The summed E-state index contributed by atoms with van der Waals surface area (Å²) in [5.41, 5.74) is 0.836. The van der Waals surface area contributed by atoms with E-state index in [9.17, 15) is 9.18 Å². The van der Waals surface area contributed by atoms with E-state index in [0.29, 0.717) is 11.6 Å². The van der Waals surface area contributed by atoms with Gasteiger partial charge in [-0.2, -0.15) is 0 Å². The summed E-state index contributed by atoms with van der Waals surface area (Å²) in [6.07, 6.45) is -0.302. The van der Waals surface area contributed by atoms with E-state index in [2.05, 4.69) is 5.32 Å². The highest BCUT2D eigenvalue weighted by molar-refractivity contribution is 8.00. The minimum absolute atomic E-state index is 0.117. The average Bonchev–Trinajstić information content (AvgIpc) is 2.56. The van der Waals surface area contributed by atoms with Crippen molar-refractivity contribution in [3.05, 3.63) is 64.9 Å². The minimum atomic E-state index is -0.302. The lowest BCUT2D eigenvalue weighted by Crippen LogP contribution is -2.30. The van der Waals surface area contributed by atoms with E-state index in [-0.39, 0.29) is 23.6 Å². The number of amides is 1.